The molecule has 2 aliphatic heterocycles. The van der Waals surface area contributed by atoms with Crippen LogP contribution in [0.2, 0.25) is 0 Å². The summed E-state index contributed by atoms with van der Waals surface area (Å²) in [5.41, 5.74) is 0. The van der Waals surface area contributed by atoms with Gasteiger partial charge in [0.2, 0.25) is 23.6 Å². The van der Waals surface area contributed by atoms with Crippen molar-refractivity contribution in [3.8, 4) is 0 Å². The second-order valence-electron chi connectivity index (χ2n) is 4.89. The maximum absolute atomic E-state index is 11.7. The third kappa shape index (κ3) is 2.02. The maximum atomic E-state index is 11.7. The van der Waals surface area contributed by atoms with Gasteiger partial charge in [0, 0.05) is 0 Å². The average molecular weight is 266 g/mol. The van der Waals surface area contributed by atoms with Crippen molar-refractivity contribution in [2.45, 2.75) is 18.5 Å². The minimum Gasteiger partial charge on any atom is -0.300 e. The van der Waals surface area contributed by atoms with Crippen LogP contribution in [0.5, 0.6) is 0 Å². The molecule has 0 spiro atoms. The van der Waals surface area contributed by atoms with Gasteiger partial charge in [-0.2, -0.15) is 0 Å². The van der Waals surface area contributed by atoms with Crippen LogP contribution < -0.4 is 10.6 Å². The lowest BCUT2D eigenvalue weighted by molar-refractivity contribution is -0.152. The highest BCUT2D eigenvalue weighted by atomic mass is 16.2. The Morgan fingerprint density at radius 1 is 0.684 bits per heavy atom. The standard InChI is InChI=1S/C11H14N4O4/c16-8-2-12-3-9(17)14(8)6-1-7(6)15-10(18)4-13-5-11(15)19/h6-7,12-13H,1-5H2/t6-,7-/m1/s1. The first kappa shape index (κ1) is 12.2. The summed E-state index contributed by atoms with van der Waals surface area (Å²) in [5.74, 6) is -1.17. The summed E-state index contributed by atoms with van der Waals surface area (Å²) >= 11 is 0. The average Bonchev–Trinajstić information content (AvgIpc) is 3.08. The van der Waals surface area contributed by atoms with Crippen molar-refractivity contribution >= 4 is 23.6 Å². The minimum atomic E-state index is -0.340. The van der Waals surface area contributed by atoms with Gasteiger partial charge < -0.3 is 0 Å². The monoisotopic (exact) mass is 266 g/mol. The Morgan fingerprint density at radius 2 is 1.00 bits per heavy atom. The van der Waals surface area contributed by atoms with E-state index < -0.39 is 0 Å². The highest BCUT2D eigenvalue weighted by Crippen LogP contribution is 2.34. The van der Waals surface area contributed by atoms with Crippen LogP contribution in [0.25, 0.3) is 0 Å². The van der Waals surface area contributed by atoms with E-state index >= 15 is 0 Å². The van der Waals surface area contributed by atoms with Gasteiger partial charge in [0.1, 0.15) is 0 Å². The van der Waals surface area contributed by atoms with Gasteiger partial charge in [0.05, 0.1) is 38.3 Å². The highest BCUT2D eigenvalue weighted by molar-refractivity contribution is 6.02. The number of imide groups is 2. The molecular weight excluding hydrogens is 252 g/mol. The number of nitrogens with zero attached hydrogens (tertiary/aromatic N) is 2. The molecule has 0 aromatic heterocycles. The molecule has 0 unspecified atom stereocenters. The van der Waals surface area contributed by atoms with Crippen molar-refractivity contribution in [3.63, 3.8) is 0 Å². The number of nitrogens with one attached hydrogen (secondary N) is 2. The third-order valence-corrected chi connectivity index (χ3v) is 3.57. The van der Waals surface area contributed by atoms with E-state index in [0.29, 0.717) is 6.42 Å². The zero-order chi connectivity index (χ0) is 13.6. The lowest BCUT2D eigenvalue weighted by Crippen LogP contribution is -2.57. The number of hydrogen-bond acceptors (Lipinski definition) is 6. The summed E-state index contributed by atoms with van der Waals surface area (Å²) in [6, 6.07) is -0.679. The molecule has 0 aromatic rings. The third-order valence-electron chi connectivity index (χ3n) is 3.57. The number of piperazine rings is 2. The summed E-state index contributed by atoms with van der Waals surface area (Å²) in [5, 5.41) is 5.42. The van der Waals surface area contributed by atoms with Crippen LogP contribution >= 0.6 is 0 Å². The lowest BCUT2D eigenvalue weighted by atomic mass is 10.3. The second kappa shape index (κ2) is 4.39. The smallest absolute Gasteiger partial charge is 0.243 e. The molecule has 4 amide bonds. The molecule has 0 radical (unpaired) electrons. The van der Waals surface area contributed by atoms with Crippen LogP contribution in [0.4, 0.5) is 0 Å². The number of hydrogen-bond donors (Lipinski definition) is 2. The molecular formula is C11H14N4O4. The van der Waals surface area contributed by atoms with Gasteiger partial charge in [0.15, 0.2) is 0 Å². The molecule has 2 saturated heterocycles. The Bertz CT molecular complexity index is 403. The summed E-state index contributed by atoms with van der Waals surface area (Å²) in [7, 11) is 0. The minimum absolute atomic E-state index is 0.123. The molecule has 2 N–H and O–H groups in total. The normalized spacial score (nSPS) is 32.0. The molecule has 8 heteroatoms. The molecule has 3 aliphatic rings. The first-order valence-corrected chi connectivity index (χ1v) is 6.21. The quantitative estimate of drug-likeness (QED) is 0.518. The van der Waals surface area contributed by atoms with Crippen LogP contribution in [0, 0.1) is 0 Å². The van der Waals surface area contributed by atoms with Crippen molar-refractivity contribution < 1.29 is 19.2 Å². The first-order valence-electron chi connectivity index (χ1n) is 6.21. The van der Waals surface area contributed by atoms with Gasteiger partial charge in [0.25, 0.3) is 0 Å². The van der Waals surface area contributed by atoms with Crippen molar-refractivity contribution in [2.24, 2.45) is 0 Å². The number of carbonyl (C=O) groups is 4. The number of carbonyl (C=O) groups excluding carboxylic acids is 4. The summed E-state index contributed by atoms with van der Waals surface area (Å²) in [4.78, 5) is 49.3. The van der Waals surface area contributed by atoms with Crippen LogP contribution in [-0.4, -0.2) is 71.7 Å². The van der Waals surface area contributed by atoms with Gasteiger partial charge in [-0.1, -0.05) is 0 Å². The van der Waals surface area contributed by atoms with Crippen molar-refractivity contribution in [3.05, 3.63) is 0 Å². The predicted molar refractivity (Wildman–Crippen MR) is 61.6 cm³/mol. The van der Waals surface area contributed by atoms with Gasteiger partial charge in [-0.15, -0.1) is 0 Å². The van der Waals surface area contributed by atoms with E-state index in [4.69, 9.17) is 0 Å². The van der Waals surface area contributed by atoms with E-state index in [1.165, 1.54) is 9.80 Å². The molecule has 3 fully saturated rings. The Labute approximate surface area is 109 Å². The molecule has 2 atom stereocenters. The topological polar surface area (TPSA) is 98.8 Å². The number of rotatable bonds is 2. The van der Waals surface area contributed by atoms with Crippen molar-refractivity contribution in [1.29, 1.82) is 0 Å². The van der Waals surface area contributed by atoms with E-state index in [1.54, 1.807) is 0 Å². The largest absolute Gasteiger partial charge is 0.300 e. The molecule has 19 heavy (non-hydrogen) atoms. The van der Waals surface area contributed by atoms with E-state index in [0.717, 1.165) is 0 Å². The molecule has 3 rings (SSSR count). The number of amides is 4. The van der Waals surface area contributed by atoms with E-state index in [2.05, 4.69) is 10.6 Å². The molecule has 1 aliphatic carbocycles. The Morgan fingerprint density at radius 3 is 1.32 bits per heavy atom. The van der Waals surface area contributed by atoms with Crippen molar-refractivity contribution in [1.82, 2.24) is 20.4 Å². The zero-order valence-corrected chi connectivity index (χ0v) is 10.2. The summed E-state index contributed by atoms with van der Waals surface area (Å²) in [6.45, 7) is 0.494. The Kier molecular flexibility index (Phi) is 2.83. The van der Waals surface area contributed by atoms with Crippen LogP contribution in [0.15, 0.2) is 0 Å². The first-order chi connectivity index (χ1) is 9.09. The SMILES string of the molecule is O=C1CNCC(=O)N1[C@@H]1C[C@H]1N1C(=O)CNCC1=O. The Hall–Kier alpha value is -1.80. The Balaban J connectivity index is 1.73. The van der Waals surface area contributed by atoms with Gasteiger partial charge in [-0.05, 0) is 6.42 Å². The van der Waals surface area contributed by atoms with E-state index in [1.807, 2.05) is 0 Å². The molecule has 0 bridgehead atoms. The maximum Gasteiger partial charge on any atom is 0.243 e. The van der Waals surface area contributed by atoms with E-state index in [9.17, 15) is 19.2 Å². The molecule has 0 aromatic carbocycles. The lowest BCUT2D eigenvalue weighted by Gasteiger charge is -2.29. The fraction of sp³-hybridized carbons (Fsp3) is 0.636. The highest BCUT2D eigenvalue weighted by Gasteiger charge is 2.53. The molecule has 8 nitrogen and oxygen atoms in total. The summed E-state index contributed by atoms with van der Waals surface area (Å²) < 4.78 is 0. The fourth-order valence-electron chi connectivity index (χ4n) is 2.64. The summed E-state index contributed by atoms with van der Waals surface area (Å²) in [6.07, 6.45) is 0.495. The van der Waals surface area contributed by atoms with Crippen LogP contribution in [0.1, 0.15) is 6.42 Å². The van der Waals surface area contributed by atoms with Crippen LogP contribution in [-0.2, 0) is 19.2 Å². The van der Waals surface area contributed by atoms with Crippen LogP contribution in [0.3, 0.4) is 0 Å². The predicted octanol–water partition coefficient (Wildman–Crippen LogP) is -2.96. The van der Waals surface area contributed by atoms with Gasteiger partial charge >= 0.3 is 0 Å². The van der Waals surface area contributed by atoms with Gasteiger partial charge in [-0.3, -0.25) is 39.6 Å². The van der Waals surface area contributed by atoms with Crippen molar-refractivity contribution in [2.75, 3.05) is 26.2 Å². The van der Waals surface area contributed by atoms with Gasteiger partial charge in [-0.25, -0.2) is 0 Å². The zero-order valence-electron chi connectivity index (χ0n) is 10.2. The van der Waals surface area contributed by atoms with E-state index in [-0.39, 0.29) is 61.9 Å². The molecule has 2 heterocycles. The molecule has 102 valence electrons. The molecule has 1 saturated carbocycles. The fourth-order valence-corrected chi connectivity index (χ4v) is 2.64. The second-order valence-corrected chi connectivity index (χ2v) is 4.89.